The van der Waals surface area contributed by atoms with Crippen molar-refractivity contribution in [3.63, 3.8) is 0 Å². The normalized spacial score (nSPS) is 10.2. The summed E-state index contributed by atoms with van der Waals surface area (Å²) >= 11 is 0. The van der Waals surface area contributed by atoms with E-state index >= 15 is 0 Å². The van der Waals surface area contributed by atoms with E-state index < -0.39 is 23.5 Å². The number of nitrogens with one attached hydrogen (secondary N) is 1. The van der Waals surface area contributed by atoms with Crippen LogP contribution in [0.1, 0.15) is 26.3 Å². The van der Waals surface area contributed by atoms with E-state index in [9.17, 15) is 18.4 Å². The molecule has 2 aromatic rings. The van der Waals surface area contributed by atoms with Gasteiger partial charge in [-0.2, -0.15) is 0 Å². The molecule has 0 unspecified atom stereocenters. The van der Waals surface area contributed by atoms with Gasteiger partial charge in [-0.1, -0.05) is 0 Å². The molecule has 0 saturated heterocycles. The predicted molar refractivity (Wildman–Crippen MR) is 72.4 cm³/mol. The summed E-state index contributed by atoms with van der Waals surface area (Å²) in [6.45, 7) is 1.54. The number of halogens is 2. The van der Waals surface area contributed by atoms with E-state index in [2.05, 4.69) is 5.32 Å². The zero-order valence-corrected chi connectivity index (χ0v) is 11.0. The summed E-state index contributed by atoms with van der Waals surface area (Å²) in [6.07, 6.45) is 0. The fourth-order valence-corrected chi connectivity index (χ4v) is 1.88. The molecule has 1 amide bonds. The molecular formula is C15H11F2NO3. The van der Waals surface area contributed by atoms with Crippen LogP contribution < -0.4 is 5.32 Å². The molecule has 0 radical (unpaired) electrons. The molecule has 0 spiro atoms. The van der Waals surface area contributed by atoms with Crippen molar-refractivity contribution in [2.75, 3.05) is 5.32 Å². The second kappa shape index (κ2) is 5.70. The van der Waals surface area contributed by atoms with Crippen molar-refractivity contribution < 1.29 is 23.5 Å². The molecule has 2 rings (SSSR count). The van der Waals surface area contributed by atoms with Gasteiger partial charge in [-0.25, -0.2) is 13.6 Å². The van der Waals surface area contributed by atoms with Gasteiger partial charge in [0.05, 0.1) is 11.3 Å². The topological polar surface area (TPSA) is 66.4 Å². The molecule has 0 saturated carbocycles. The molecule has 6 heteroatoms. The maximum atomic E-state index is 13.2. The monoisotopic (exact) mass is 291 g/mol. The molecule has 0 aliphatic heterocycles. The van der Waals surface area contributed by atoms with Crippen molar-refractivity contribution in [2.24, 2.45) is 0 Å². The quantitative estimate of drug-likeness (QED) is 0.912. The molecule has 0 aliphatic carbocycles. The number of aromatic carboxylic acids is 1. The van der Waals surface area contributed by atoms with Crippen LogP contribution in [0.5, 0.6) is 0 Å². The Morgan fingerprint density at radius 1 is 1.00 bits per heavy atom. The average molecular weight is 291 g/mol. The van der Waals surface area contributed by atoms with Gasteiger partial charge in [-0.15, -0.1) is 0 Å². The zero-order chi connectivity index (χ0) is 15.6. The first kappa shape index (κ1) is 14.6. The Morgan fingerprint density at radius 2 is 1.57 bits per heavy atom. The van der Waals surface area contributed by atoms with E-state index in [1.807, 2.05) is 0 Å². The van der Waals surface area contributed by atoms with Crippen molar-refractivity contribution in [3.05, 3.63) is 64.7 Å². The number of anilines is 1. The van der Waals surface area contributed by atoms with Crippen LogP contribution in [0.15, 0.2) is 36.4 Å². The lowest BCUT2D eigenvalue weighted by Gasteiger charge is -2.10. The van der Waals surface area contributed by atoms with E-state index in [0.29, 0.717) is 5.56 Å². The van der Waals surface area contributed by atoms with Crippen LogP contribution in [-0.2, 0) is 0 Å². The highest BCUT2D eigenvalue weighted by Crippen LogP contribution is 2.19. The number of carbonyl (C=O) groups excluding carboxylic acids is 1. The second-order valence-corrected chi connectivity index (χ2v) is 4.41. The molecular weight excluding hydrogens is 280 g/mol. The van der Waals surface area contributed by atoms with E-state index in [1.165, 1.54) is 12.1 Å². The summed E-state index contributed by atoms with van der Waals surface area (Å²) in [5, 5.41) is 11.3. The van der Waals surface area contributed by atoms with E-state index in [0.717, 1.165) is 24.3 Å². The number of amides is 1. The Hall–Kier alpha value is -2.76. The van der Waals surface area contributed by atoms with Crippen LogP contribution in [0.25, 0.3) is 0 Å². The minimum Gasteiger partial charge on any atom is -0.478 e. The average Bonchev–Trinajstić information content (AvgIpc) is 2.37. The number of benzene rings is 2. The van der Waals surface area contributed by atoms with Crippen molar-refractivity contribution >= 4 is 17.6 Å². The van der Waals surface area contributed by atoms with Gasteiger partial charge >= 0.3 is 5.97 Å². The van der Waals surface area contributed by atoms with Gasteiger partial charge in [0, 0.05) is 5.56 Å². The highest BCUT2D eigenvalue weighted by Gasteiger charge is 2.16. The van der Waals surface area contributed by atoms with Gasteiger partial charge in [0.25, 0.3) is 5.91 Å². The van der Waals surface area contributed by atoms with Gasteiger partial charge in [0.15, 0.2) is 0 Å². The van der Waals surface area contributed by atoms with Crippen LogP contribution in [-0.4, -0.2) is 17.0 Å². The minimum atomic E-state index is -1.29. The van der Waals surface area contributed by atoms with Gasteiger partial charge in [-0.3, -0.25) is 4.79 Å². The summed E-state index contributed by atoms with van der Waals surface area (Å²) in [5.74, 6) is -3.09. The molecule has 0 heterocycles. The first-order valence-electron chi connectivity index (χ1n) is 5.99. The summed E-state index contributed by atoms with van der Waals surface area (Å²) in [4.78, 5) is 23.1. The minimum absolute atomic E-state index is 0.156. The summed E-state index contributed by atoms with van der Waals surface area (Å²) < 4.78 is 26.2. The van der Waals surface area contributed by atoms with Gasteiger partial charge in [0.1, 0.15) is 11.6 Å². The highest BCUT2D eigenvalue weighted by atomic mass is 19.1. The molecule has 0 bridgehead atoms. The molecule has 0 atom stereocenters. The molecule has 0 fully saturated rings. The number of rotatable bonds is 3. The second-order valence-electron chi connectivity index (χ2n) is 4.41. The third-order valence-corrected chi connectivity index (χ3v) is 2.89. The molecule has 108 valence electrons. The Balaban J connectivity index is 2.35. The maximum Gasteiger partial charge on any atom is 0.337 e. The highest BCUT2D eigenvalue weighted by molar-refractivity contribution is 6.08. The van der Waals surface area contributed by atoms with E-state index in [-0.39, 0.29) is 16.8 Å². The zero-order valence-electron chi connectivity index (χ0n) is 11.0. The smallest absolute Gasteiger partial charge is 0.337 e. The Labute approximate surface area is 119 Å². The summed E-state index contributed by atoms with van der Waals surface area (Å²) in [7, 11) is 0. The van der Waals surface area contributed by atoms with Crippen LogP contribution >= 0.6 is 0 Å². The fourth-order valence-electron chi connectivity index (χ4n) is 1.88. The van der Waals surface area contributed by atoms with Crippen molar-refractivity contribution in [1.82, 2.24) is 0 Å². The first-order chi connectivity index (χ1) is 9.88. The predicted octanol–water partition coefficient (Wildman–Crippen LogP) is 3.22. The number of carboxylic acids is 1. The lowest BCUT2D eigenvalue weighted by molar-refractivity contribution is 0.0698. The number of hydrogen-bond donors (Lipinski definition) is 2. The lowest BCUT2D eigenvalue weighted by atomic mass is 10.1. The molecule has 4 nitrogen and oxygen atoms in total. The first-order valence-corrected chi connectivity index (χ1v) is 5.99. The van der Waals surface area contributed by atoms with Gasteiger partial charge < -0.3 is 10.4 Å². The van der Waals surface area contributed by atoms with Crippen LogP contribution in [0.4, 0.5) is 14.5 Å². The van der Waals surface area contributed by atoms with Crippen molar-refractivity contribution in [3.8, 4) is 0 Å². The largest absolute Gasteiger partial charge is 0.478 e. The molecule has 0 aromatic heterocycles. The Bertz CT molecular complexity index is 729. The number of hydrogen-bond acceptors (Lipinski definition) is 2. The third-order valence-electron chi connectivity index (χ3n) is 2.89. The number of carboxylic acid groups (broad SMARTS) is 1. The maximum absolute atomic E-state index is 13.2. The van der Waals surface area contributed by atoms with Gasteiger partial charge in [0.2, 0.25) is 0 Å². The molecule has 2 aromatic carbocycles. The fraction of sp³-hybridized carbons (Fsp3) is 0.0667. The number of aryl methyl sites for hydroxylation is 1. The summed E-state index contributed by atoms with van der Waals surface area (Å²) in [5.41, 5.74) is 0.179. The van der Waals surface area contributed by atoms with E-state index in [4.69, 9.17) is 5.11 Å². The van der Waals surface area contributed by atoms with Crippen LogP contribution in [0, 0.1) is 18.6 Å². The standard InChI is InChI=1S/C15H11F2NO3/c1-8-6-9(16)2-4-11(8)14(19)18-13-7-10(17)3-5-12(13)15(20)21/h2-7H,1H3,(H,18,19)(H,20,21). The van der Waals surface area contributed by atoms with Crippen molar-refractivity contribution in [1.29, 1.82) is 0 Å². The van der Waals surface area contributed by atoms with Crippen molar-refractivity contribution in [2.45, 2.75) is 6.92 Å². The van der Waals surface area contributed by atoms with E-state index in [1.54, 1.807) is 6.92 Å². The molecule has 21 heavy (non-hydrogen) atoms. The summed E-state index contributed by atoms with van der Waals surface area (Å²) in [6, 6.07) is 6.54. The van der Waals surface area contributed by atoms with Crippen LogP contribution in [0.3, 0.4) is 0 Å². The van der Waals surface area contributed by atoms with Gasteiger partial charge in [-0.05, 0) is 48.9 Å². The van der Waals surface area contributed by atoms with Crippen LogP contribution in [0.2, 0.25) is 0 Å². The lowest BCUT2D eigenvalue weighted by Crippen LogP contribution is -2.16. The molecule has 2 N–H and O–H groups in total. The SMILES string of the molecule is Cc1cc(F)ccc1C(=O)Nc1cc(F)ccc1C(=O)O. The number of carbonyl (C=O) groups is 2. The third kappa shape index (κ3) is 3.22. The Morgan fingerprint density at radius 3 is 2.14 bits per heavy atom. The Kier molecular flexibility index (Phi) is 3.98. The molecule has 0 aliphatic rings.